The summed E-state index contributed by atoms with van der Waals surface area (Å²) in [4.78, 5) is 29.3. The molecule has 0 spiro atoms. The first-order valence-electron chi connectivity index (χ1n) is 15.6. The fourth-order valence-electron chi connectivity index (χ4n) is 7.22. The third-order valence-corrected chi connectivity index (χ3v) is 9.15. The van der Waals surface area contributed by atoms with Gasteiger partial charge in [-0.3, -0.25) is 14.5 Å². The summed E-state index contributed by atoms with van der Waals surface area (Å²) in [5.74, 6) is -1.26. The minimum atomic E-state index is -0.989. The van der Waals surface area contributed by atoms with Crippen LogP contribution < -0.4 is 10.2 Å². The number of phenols is 1. The molecule has 3 N–H and O–H groups in total. The minimum Gasteiger partial charge on any atom is -0.508 e. The summed E-state index contributed by atoms with van der Waals surface area (Å²) in [7, 11) is -0.989. The second-order valence-corrected chi connectivity index (χ2v) is 12.2. The monoisotopic (exact) mass is 590 g/mol. The summed E-state index contributed by atoms with van der Waals surface area (Å²) in [6.07, 6.45) is 5.85. The molecule has 8 heteroatoms. The van der Waals surface area contributed by atoms with Gasteiger partial charge in [0.05, 0.1) is 23.6 Å². The van der Waals surface area contributed by atoms with E-state index in [0.29, 0.717) is 24.8 Å². The number of carbonyl (C=O) groups excluding carboxylic acids is 2. The van der Waals surface area contributed by atoms with Crippen LogP contribution in [0.4, 0.5) is 17.1 Å². The predicted octanol–water partition coefficient (Wildman–Crippen LogP) is 7.12. The molecule has 2 aliphatic heterocycles. The van der Waals surface area contributed by atoms with Crippen LogP contribution in [0.2, 0.25) is 6.32 Å². The lowest BCUT2D eigenvalue weighted by Gasteiger charge is -2.43. The van der Waals surface area contributed by atoms with E-state index in [2.05, 4.69) is 25.2 Å². The van der Waals surface area contributed by atoms with E-state index in [1.54, 1.807) is 12.1 Å². The van der Waals surface area contributed by atoms with Gasteiger partial charge in [0.15, 0.2) is 0 Å². The Labute approximate surface area is 259 Å². The number of anilines is 3. The first-order chi connectivity index (χ1) is 21.3. The number of allylic oxidation sites excluding steroid dienone is 2. The minimum absolute atomic E-state index is 0.151. The van der Waals surface area contributed by atoms with E-state index >= 15 is 0 Å². The van der Waals surface area contributed by atoms with Gasteiger partial charge < -0.3 is 20.1 Å². The molecule has 0 aromatic heterocycles. The molecule has 3 aromatic rings. The van der Waals surface area contributed by atoms with E-state index < -0.39 is 19.0 Å². The number of fused-ring (bicyclic) bond motifs is 3. The fraction of sp³-hybridized carbons (Fsp3) is 0.333. The van der Waals surface area contributed by atoms with Crippen LogP contribution in [0.1, 0.15) is 51.5 Å². The number of carbonyl (C=O) groups is 2. The van der Waals surface area contributed by atoms with Crippen molar-refractivity contribution in [2.24, 2.45) is 17.8 Å². The zero-order chi connectivity index (χ0) is 30.8. The summed E-state index contributed by atoms with van der Waals surface area (Å²) in [5.41, 5.74) is 6.91. The molecule has 0 unspecified atom stereocenters. The first kappa shape index (κ1) is 29.9. The van der Waals surface area contributed by atoms with Gasteiger partial charge in [0.25, 0.3) is 0 Å². The number of nitrogens with zero attached hydrogens (tertiary/aromatic N) is 1. The Balaban J connectivity index is 1.23. The Morgan fingerprint density at radius 2 is 1.68 bits per heavy atom. The van der Waals surface area contributed by atoms with Gasteiger partial charge in [0, 0.05) is 11.4 Å². The second kappa shape index (κ2) is 12.8. The van der Waals surface area contributed by atoms with Crippen LogP contribution in [0.3, 0.4) is 0 Å². The lowest BCUT2D eigenvalue weighted by atomic mass is 9.58. The Morgan fingerprint density at radius 1 is 0.977 bits per heavy atom. The van der Waals surface area contributed by atoms with E-state index in [9.17, 15) is 19.7 Å². The predicted molar refractivity (Wildman–Crippen MR) is 174 cm³/mol. The third kappa shape index (κ3) is 6.10. The molecule has 0 radical (unpaired) electrons. The number of hydrogen-bond donors (Lipinski definition) is 3. The molecule has 7 nitrogen and oxygen atoms in total. The van der Waals surface area contributed by atoms with E-state index in [-0.39, 0.29) is 29.6 Å². The molecular formula is C36H39BN2O5. The number of aromatic hydroxyl groups is 1. The highest BCUT2D eigenvalue weighted by atomic mass is 16.5. The molecule has 4 atom stereocenters. The van der Waals surface area contributed by atoms with E-state index in [1.807, 2.05) is 66.7 Å². The topological polar surface area (TPSA) is 99.1 Å². The maximum Gasteiger partial charge on any atom is 0.455 e. The summed E-state index contributed by atoms with van der Waals surface area (Å²) in [6.45, 7) is 4.20. The lowest BCUT2D eigenvalue weighted by molar-refractivity contribution is -0.122. The summed E-state index contributed by atoms with van der Waals surface area (Å²) in [6, 6.07) is 24.4. The summed E-state index contributed by atoms with van der Waals surface area (Å²) >= 11 is 0. The number of nitrogens with one attached hydrogen (secondary N) is 1. The van der Waals surface area contributed by atoms with Gasteiger partial charge >= 0.3 is 7.12 Å². The van der Waals surface area contributed by atoms with Gasteiger partial charge in [-0.2, -0.15) is 0 Å². The second-order valence-electron chi connectivity index (χ2n) is 12.2. The Bertz CT molecular complexity index is 1570. The molecule has 1 aliphatic carbocycles. The smallest absolute Gasteiger partial charge is 0.455 e. The molecule has 2 saturated heterocycles. The number of hydrogen-bond acceptors (Lipinski definition) is 6. The van der Waals surface area contributed by atoms with Crippen molar-refractivity contribution >= 4 is 42.1 Å². The molecule has 44 heavy (non-hydrogen) atoms. The van der Waals surface area contributed by atoms with Crippen LogP contribution in [0.5, 0.6) is 5.75 Å². The number of imide groups is 1. The van der Waals surface area contributed by atoms with Crippen LogP contribution in [0.25, 0.3) is 6.08 Å². The van der Waals surface area contributed by atoms with Gasteiger partial charge in [-0.1, -0.05) is 60.9 Å². The van der Waals surface area contributed by atoms with Crippen LogP contribution >= 0.6 is 0 Å². The third-order valence-electron chi connectivity index (χ3n) is 9.15. The largest absolute Gasteiger partial charge is 0.508 e. The van der Waals surface area contributed by atoms with Crippen molar-refractivity contribution in [1.82, 2.24) is 0 Å². The molecule has 3 aliphatic rings. The molecule has 6 rings (SSSR count). The number of para-hydroxylation sites is 1. The Kier molecular flexibility index (Phi) is 8.73. The molecular weight excluding hydrogens is 551 g/mol. The van der Waals surface area contributed by atoms with Gasteiger partial charge in [-0.05, 0) is 105 Å². The lowest BCUT2D eigenvalue weighted by Crippen LogP contribution is -2.46. The van der Waals surface area contributed by atoms with Gasteiger partial charge in [-0.15, -0.1) is 0 Å². The van der Waals surface area contributed by atoms with Crippen molar-refractivity contribution < 1.29 is 24.4 Å². The van der Waals surface area contributed by atoms with Crippen LogP contribution in [0.15, 0.2) is 95.6 Å². The SMILES string of the molecule is CCCC1=C2[C@@H](CC/C(C)=C/c3ccc(O)cc3)OB(O)C[C@@H]2[C@@H]2C(=O)N(c3ccc(Nc4ccccc4)cc3)C(=O)[C@@H]2C1. The van der Waals surface area contributed by atoms with Crippen molar-refractivity contribution in [1.29, 1.82) is 0 Å². The molecule has 2 heterocycles. The highest BCUT2D eigenvalue weighted by molar-refractivity contribution is 6.43. The van der Waals surface area contributed by atoms with Crippen LogP contribution in [0, 0.1) is 17.8 Å². The number of benzene rings is 3. The Morgan fingerprint density at radius 3 is 2.39 bits per heavy atom. The number of phenolic OH excluding ortho intramolecular Hbond substituents is 1. The molecule has 0 bridgehead atoms. The standard InChI is InChI=1S/C36H39BN2O5/c1-3-7-25-21-30-34(36(42)39(35(30)41)28-15-13-27(14-16-28)38-26-8-5-4-6-9-26)31-22-37(43)44-32(33(25)31)19-10-23(2)20-24-11-17-29(40)18-12-24/h4-6,8-9,11-18,20,30-32,34,38,40,43H,3,7,10,19,21-22H2,1-2H3/b23-20+/t30-,31+,32-,34-/m1/s1. The zero-order valence-corrected chi connectivity index (χ0v) is 25.3. The van der Waals surface area contributed by atoms with Crippen molar-refractivity contribution in [3.05, 3.63) is 101 Å². The fourth-order valence-corrected chi connectivity index (χ4v) is 7.22. The van der Waals surface area contributed by atoms with Gasteiger partial charge in [0.2, 0.25) is 11.8 Å². The molecule has 0 saturated carbocycles. The van der Waals surface area contributed by atoms with Crippen molar-refractivity contribution in [3.8, 4) is 5.75 Å². The average Bonchev–Trinajstić information content (AvgIpc) is 3.27. The normalized spacial score (nSPS) is 23.6. The molecule has 226 valence electrons. The van der Waals surface area contributed by atoms with E-state index in [4.69, 9.17) is 4.65 Å². The maximum atomic E-state index is 14.1. The van der Waals surface area contributed by atoms with Crippen molar-refractivity contribution in [2.45, 2.75) is 58.4 Å². The first-order valence-corrected chi connectivity index (χ1v) is 15.6. The average molecular weight is 591 g/mol. The molecule has 2 amide bonds. The number of amides is 2. The number of rotatable bonds is 9. The Hall–Kier alpha value is -4.14. The zero-order valence-electron chi connectivity index (χ0n) is 25.3. The van der Waals surface area contributed by atoms with E-state index in [1.165, 1.54) is 10.5 Å². The van der Waals surface area contributed by atoms with Crippen LogP contribution in [-0.4, -0.2) is 35.2 Å². The molecule has 2 fully saturated rings. The molecule has 3 aromatic carbocycles. The quantitative estimate of drug-likeness (QED) is 0.139. The highest BCUT2D eigenvalue weighted by Gasteiger charge is 2.57. The van der Waals surface area contributed by atoms with Gasteiger partial charge in [-0.25, -0.2) is 0 Å². The van der Waals surface area contributed by atoms with Gasteiger partial charge in [0.1, 0.15) is 5.75 Å². The van der Waals surface area contributed by atoms with Crippen molar-refractivity contribution in [2.75, 3.05) is 10.2 Å². The summed E-state index contributed by atoms with van der Waals surface area (Å²) < 4.78 is 6.15. The maximum absolute atomic E-state index is 14.1. The summed E-state index contributed by atoms with van der Waals surface area (Å²) in [5, 5.41) is 23.8. The van der Waals surface area contributed by atoms with E-state index in [0.717, 1.165) is 47.3 Å². The van der Waals surface area contributed by atoms with Crippen molar-refractivity contribution in [3.63, 3.8) is 0 Å². The van der Waals surface area contributed by atoms with Crippen LogP contribution in [-0.2, 0) is 14.2 Å². The highest BCUT2D eigenvalue weighted by Crippen LogP contribution is 2.52.